The van der Waals surface area contributed by atoms with E-state index in [1.54, 1.807) is 6.26 Å². The Morgan fingerprint density at radius 1 is 1.00 bits per heavy atom. The number of hydrogen-bond donors (Lipinski definition) is 2. The molecule has 3 aromatic rings. The largest absolute Gasteiger partial charge is 0.468 e. The summed E-state index contributed by atoms with van der Waals surface area (Å²) in [6, 6.07) is 20.5. The van der Waals surface area contributed by atoms with Gasteiger partial charge in [0.15, 0.2) is 0 Å². The van der Waals surface area contributed by atoms with Crippen molar-refractivity contribution in [2.24, 2.45) is 0 Å². The third-order valence-electron chi connectivity index (χ3n) is 3.66. The summed E-state index contributed by atoms with van der Waals surface area (Å²) in [5, 5.41) is 5.96. The summed E-state index contributed by atoms with van der Waals surface area (Å²) in [6.45, 7) is 2.14. The van der Waals surface area contributed by atoms with Gasteiger partial charge in [0.05, 0.1) is 18.8 Å². The molecule has 0 saturated carbocycles. The van der Waals surface area contributed by atoms with Crippen LogP contribution in [0, 0.1) is 0 Å². The first-order chi connectivity index (χ1) is 12.2. The smallest absolute Gasteiger partial charge is 0.238 e. The minimum Gasteiger partial charge on any atom is -0.468 e. The molecule has 0 spiro atoms. The minimum absolute atomic E-state index is 0.0256. The van der Waals surface area contributed by atoms with Gasteiger partial charge in [0.1, 0.15) is 17.3 Å². The van der Waals surface area contributed by atoms with Crippen molar-refractivity contribution in [3.05, 3.63) is 78.8 Å². The number of rotatable bonds is 7. The molecule has 0 unspecified atom stereocenters. The maximum Gasteiger partial charge on any atom is 0.238 e. The number of anilines is 1. The molecule has 5 heteroatoms. The Morgan fingerprint density at radius 3 is 2.40 bits per heavy atom. The zero-order chi connectivity index (χ0) is 17.5. The zero-order valence-electron chi connectivity index (χ0n) is 13.9. The molecule has 0 aliphatic heterocycles. The summed E-state index contributed by atoms with van der Waals surface area (Å²) in [7, 11) is 0. The minimum atomic E-state index is -0.116. The highest BCUT2D eigenvalue weighted by atomic mass is 16.5. The number of nitrogens with one attached hydrogen (secondary N) is 2. The summed E-state index contributed by atoms with van der Waals surface area (Å²) < 4.78 is 11.0. The molecular formula is C20H20N2O3. The molecule has 1 aromatic heterocycles. The van der Waals surface area contributed by atoms with Gasteiger partial charge in [-0.2, -0.15) is 0 Å². The fourth-order valence-corrected chi connectivity index (χ4v) is 2.32. The second kappa shape index (κ2) is 8.17. The second-order valence-electron chi connectivity index (χ2n) is 5.61. The fraction of sp³-hybridized carbons (Fsp3) is 0.150. The Bertz CT molecular complexity index is 784. The van der Waals surface area contributed by atoms with E-state index < -0.39 is 0 Å². The van der Waals surface area contributed by atoms with Gasteiger partial charge >= 0.3 is 0 Å². The van der Waals surface area contributed by atoms with Gasteiger partial charge in [0.2, 0.25) is 5.91 Å². The van der Waals surface area contributed by atoms with Crippen molar-refractivity contribution in [1.29, 1.82) is 0 Å². The van der Waals surface area contributed by atoms with Gasteiger partial charge in [0.25, 0.3) is 0 Å². The lowest BCUT2D eigenvalue weighted by Crippen LogP contribution is -2.29. The molecule has 1 amide bonds. The van der Waals surface area contributed by atoms with E-state index in [2.05, 4.69) is 10.6 Å². The number of amides is 1. The van der Waals surface area contributed by atoms with Crippen LogP contribution in [0.25, 0.3) is 0 Å². The number of para-hydroxylation sites is 1. The Hall–Kier alpha value is -3.05. The lowest BCUT2D eigenvalue weighted by Gasteiger charge is -2.12. The van der Waals surface area contributed by atoms with Crippen LogP contribution in [0.1, 0.15) is 18.7 Å². The van der Waals surface area contributed by atoms with Crippen LogP contribution in [0.3, 0.4) is 0 Å². The molecule has 0 bridgehead atoms. The summed E-state index contributed by atoms with van der Waals surface area (Å²) >= 11 is 0. The molecule has 128 valence electrons. The van der Waals surface area contributed by atoms with E-state index in [4.69, 9.17) is 9.15 Å². The monoisotopic (exact) mass is 336 g/mol. The number of carbonyl (C=O) groups excluding carboxylic acids is 1. The van der Waals surface area contributed by atoms with Crippen LogP contribution in [0.15, 0.2) is 77.4 Å². The first kappa shape index (κ1) is 16.8. The molecule has 0 radical (unpaired) electrons. The van der Waals surface area contributed by atoms with Crippen molar-refractivity contribution < 1.29 is 13.9 Å². The molecule has 0 fully saturated rings. The van der Waals surface area contributed by atoms with Crippen molar-refractivity contribution in [1.82, 2.24) is 5.32 Å². The summed E-state index contributed by atoms with van der Waals surface area (Å²) in [5.41, 5.74) is 0.720. The SMILES string of the molecule is C[C@@H](NCC(=O)Nc1ccc(Oc2ccccc2)cc1)c1ccco1. The van der Waals surface area contributed by atoms with Crippen LogP contribution in [-0.2, 0) is 4.79 Å². The van der Waals surface area contributed by atoms with Crippen molar-refractivity contribution in [2.75, 3.05) is 11.9 Å². The maximum atomic E-state index is 12.0. The third-order valence-corrected chi connectivity index (χ3v) is 3.66. The first-order valence-corrected chi connectivity index (χ1v) is 8.10. The van der Waals surface area contributed by atoms with E-state index in [1.807, 2.05) is 73.7 Å². The van der Waals surface area contributed by atoms with Gasteiger partial charge < -0.3 is 14.5 Å². The van der Waals surface area contributed by atoms with E-state index in [0.717, 1.165) is 17.2 Å². The lowest BCUT2D eigenvalue weighted by atomic mass is 10.2. The molecule has 1 heterocycles. The Labute approximate surface area is 146 Å². The highest BCUT2D eigenvalue weighted by molar-refractivity contribution is 5.92. The second-order valence-corrected chi connectivity index (χ2v) is 5.61. The summed E-state index contributed by atoms with van der Waals surface area (Å²) in [5.74, 6) is 2.18. The van der Waals surface area contributed by atoms with E-state index in [0.29, 0.717) is 5.75 Å². The van der Waals surface area contributed by atoms with Crippen LogP contribution in [-0.4, -0.2) is 12.5 Å². The van der Waals surface area contributed by atoms with E-state index in [1.165, 1.54) is 0 Å². The number of ether oxygens (including phenoxy) is 1. The third kappa shape index (κ3) is 4.96. The quantitative estimate of drug-likeness (QED) is 0.673. The predicted molar refractivity (Wildman–Crippen MR) is 96.7 cm³/mol. The highest BCUT2D eigenvalue weighted by Crippen LogP contribution is 2.22. The van der Waals surface area contributed by atoms with Gasteiger partial charge in [-0.05, 0) is 55.5 Å². The Balaban J connectivity index is 1.48. The van der Waals surface area contributed by atoms with Crippen LogP contribution >= 0.6 is 0 Å². The van der Waals surface area contributed by atoms with Gasteiger partial charge in [-0.15, -0.1) is 0 Å². The lowest BCUT2D eigenvalue weighted by molar-refractivity contribution is -0.115. The number of carbonyl (C=O) groups is 1. The molecule has 1 atom stereocenters. The molecule has 5 nitrogen and oxygen atoms in total. The van der Waals surface area contributed by atoms with Crippen LogP contribution in [0.5, 0.6) is 11.5 Å². The van der Waals surface area contributed by atoms with E-state index in [9.17, 15) is 4.79 Å². The van der Waals surface area contributed by atoms with Gasteiger partial charge in [-0.1, -0.05) is 18.2 Å². The Morgan fingerprint density at radius 2 is 1.72 bits per heavy atom. The predicted octanol–water partition coefficient (Wildman–Crippen LogP) is 4.36. The molecule has 0 aliphatic carbocycles. The molecule has 25 heavy (non-hydrogen) atoms. The summed E-state index contributed by atoms with van der Waals surface area (Å²) in [4.78, 5) is 12.0. The van der Waals surface area contributed by atoms with Crippen molar-refractivity contribution in [2.45, 2.75) is 13.0 Å². The molecular weight excluding hydrogens is 316 g/mol. The number of furan rings is 1. The molecule has 0 saturated heterocycles. The van der Waals surface area contributed by atoms with Crippen LogP contribution in [0.4, 0.5) is 5.69 Å². The first-order valence-electron chi connectivity index (χ1n) is 8.10. The maximum absolute atomic E-state index is 12.0. The highest BCUT2D eigenvalue weighted by Gasteiger charge is 2.10. The molecule has 3 rings (SSSR count). The van der Waals surface area contributed by atoms with Gasteiger partial charge in [-0.25, -0.2) is 0 Å². The van der Waals surface area contributed by atoms with Crippen molar-refractivity contribution in [3.8, 4) is 11.5 Å². The van der Waals surface area contributed by atoms with E-state index in [-0.39, 0.29) is 18.5 Å². The topological polar surface area (TPSA) is 63.5 Å². The standard InChI is InChI=1S/C20H20N2O3/c1-15(19-8-5-13-24-19)21-14-20(23)22-16-9-11-18(12-10-16)25-17-6-3-2-4-7-17/h2-13,15,21H,14H2,1H3,(H,22,23)/t15-/m1/s1. The van der Waals surface area contributed by atoms with E-state index >= 15 is 0 Å². The van der Waals surface area contributed by atoms with Crippen LogP contribution in [0.2, 0.25) is 0 Å². The molecule has 0 aliphatic rings. The molecule has 2 N–H and O–H groups in total. The average Bonchev–Trinajstić information content (AvgIpc) is 3.17. The van der Waals surface area contributed by atoms with Crippen molar-refractivity contribution >= 4 is 11.6 Å². The van der Waals surface area contributed by atoms with Crippen LogP contribution < -0.4 is 15.4 Å². The Kier molecular flexibility index (Phi) is 5.49. The average molecular weight is 336 g/mol. The van der Waals surface area contributed by atoms with Gasteiger partial charge in [-0.3, -0.25) is 10.1 Å². The fourth-order valence-electron chi connectivity index (χ4n) is 2.32. The zero-order valence-corrected chi connectivity index (χ0v) is 13.9. The number of benzene rings is 2. The normalized spacial score (nSPS) is 11.7. The number of hydrogen-bond acceptors (Lipinski definition) is 4. The molecule has 2 aromatic carbocycles. The van der Waals surface area contributed by atoms with Gasteiger partial charge in [0, 0.05) is 5.69 Å². The van der Waals surface area contributed by atoms with Crippen molar-refractivity contribution in [3.63, 3.8) is 0 Å². The summed E-state index contributed by atoms with van der Waals surface area (Å²) in [6.07, 6.45) is 1.62.